The van der Waals surface area contributed by atoms with E-state index in [-0.39, 0.29) is 12.0 Å². The van der Waals surface area contributed by atoms with Gasteiger partial charge < -0.3 is 15.4 Å². The quantitative estimate of drug-likeness (QED) is 0.588. The minimum absolute atomic E-state index is 0.137. The summed E-state index contributed by atoms with van der Waals surface area (Å²) in [6.07, 6.45) is -0.210. The van der Waals surface area contributed by atoms with Gasteiger partial charge in [-0.2, -0.15) is 0 Å². The number of rotatable bonds is 2. The van der Waals surface area contributed by atoms with Gasteiger partial charge in [0, 0.05) is 7.11 Å². The van der Waals surface area contributed by atoms with E-state index in [4.69, 9.17) is 17.0 Å². The Morgan fingerprint density at radius 2 is 2.25 bits per heavy atom. The number of carbonyl (C=O) groups excluding carboxylic acids is 1. The normalized spacial score (nSPS) is 31.2. The molecule has 1 saturated heterocycles. The van der Waals surface area contributed by atoms with Crippen LogP contribution in [0.2, 0.25) is 0 Å². The van der Waals surface area contributed by atoms with Crippen LogP contribution < -0.4 is 10.6 Å². The Labute approximate surface area is 76.7 Å². The molecule has 68 valence electrons. The SMILES string of the molecule is COC(C)C1(C)NC(=S)NC1=O. The van der Waals surface area contributed by atoms with Crippen LogP contribution in [0.4, 0.5) is 0 Å². The zero-order valence-corrected chi connectivity index (χ0v) is 8.12. The molecule has 1 heterocycles. The summed E-state index contributed by atoms with van der Waals surface area (Å²) in [7, 11) is 1.56. The van der Waals surface area contributed by atoms with Gasteiger partial charge in [-0.15, -0.1) is 0 Å². The second kappa shape index (κ2) is 2.99. The maximum Gasteiger partial charge on any atom is 0.254 e. The summed E-state index contributed by atoms with van der Waals surface area (Å²) in [6, 6.07) is 0. The molecule has 5 heteroatoms. The number of thiocarbonyl (C=S) groups is 1. The van der Waals surface area contributed by atoms with Crippen molar-refractivity contribution in [2.75, 3.05) is 7.11 Å². The smallest absolute Gasteiger partial charge is 0.254 e. The highest BCUT2D eigenvalue weighted by atomic mass is 32.1. The fourth-order valence-electron chi connectivity index (χ4n) is 1.08. The monoisotopic (exact) mass is 188 g/mol. The van der Waals surface area contributed by atoms with Crippen LogP contribution in [0.5, 0.6) is 0 Å². The van der Waals surface area contributed by atoms with Crippen molar-refractivity contribution in [2.24, 2.45) is 0 Å². The highest BCUT2D eigenvalue weighted by Gasteiger charge is 2.44. The number of hydrogen-bond donors (Lipinski definition) is 2. The predicted octanol–water partition coefficient (Wildman–Crippen LogP) is -0.216. The summed E-state index contributed by atoms with van der Waals surface area (Å²) in [6.45, 7) is 3.58. The molecule has 4 nitrogen and oxygen atoms in total. The molecule has 0 aromatic heterocycles. The molecule has 1 fully saturated rings. The Bertz CT molecular complexity index is 231. The number of carbonyl (C=O) groups is 1. The van der Waals surface area contributed by atoms with Crippen LogP contribution in [0, 0.1) is 0 Å². The Morgan fingerprint density at radius 1 is 1.67 bits per heavy atom. The maximum atomic E-state index is 11.4. The van der Waals surface area contributed by atoms with E-state index in [9.17, 15) is 4.79 Å². The third kappa shape index (κ3) is 1.30. The van der Waals surface area contributed by atoms with Gasteiger partial charge in [-0.05, 0) is 26.1 Å². The molecular weight excluding hydrogens is 176 g/mol. The van der Waals surface area contributed by atoms with E-state index in [0.29, 0.717) is 5.11 Å². The minimum atomic E-state index is -0.730. The van der Waals surface area contributed by atoms with Crippen molar-refractivity contribution >= 4 is 23.2 Å². The summed E-state index contributed by atoms with van der Waals surface area (Å²) in [5.74, 6) is -0.137. The van der Waals surface area contributed by atoms with Gasteiger partial charge in [0.1, 0.15) is 5.54 Å². The van der Waals surface area contributed by atoms with Crippen molar-refractivity contribution in [1.82, 2.24) is 10.6 Å². The molecule has 0 radical (unpaired) electrons. The first-order valence-electron chi connectivity index (χ1n) is 3.67. The van der Waals surface area contributed by atoms with Gasteiger partial charge >= 0.3 is 0 Å². The first kappa shape index (κ1) is 9.41. The first-order valence-corrected chi connectivity index (χ1v) is 4.08. The topological polar surface area (TPSA) is 50.4 Å². The Hall–Kier alpha value is -0.680. The molecule has 1 aliphatic heterocycles. The predicted molar refractivity (Wildman–Crippen MR) is 48.8 cm³/mol. The molecule has 2 unspecified atom stereocenters. The van der Waals surface area contributed by atoms with Crippen molar-refractivity contribution in [3.8, 4) is 0 Å². The minimum Gasteiger partial charge on any atom is -0.379 e. The van der Waals surface area contributed by atoms with Gasteiger partial charge in [-0.25, -0.2) is 0 Å². The van der Waals surface area contributed by atoms with Crippen LogP contribution in [0.15, 0.2) is 0 Å². The molecule has 0 aromatic carbocycles. The molecule has 0 saturated carbocycles. The van der Waals surface area contributed by atoms with E-state index in [1.54, 1.807) is 14.0 Å². The molecule has 2 N–H and O–H groups in total. The number of ether oxygens (including phenoxy) is 1. The van der Waals surface area contributed by atoms with Crippen molar-refractivity contribution in [3.05, 3.63) is 0 Å². The van der Waals surface area contributed by atoms with Gasteiger partial charge in [0.05, 0.1) is 6.10 Å². The number of amides is 1. The summed E-state index contributed by atoms with van der Waals surface area (Å²) in [4.78, 5) is 11.4. The number of nitrogens with one attached hydrogen (secondary N) is 2. The lowest BCUT2D eigenvalue weighted by molar-refractivity contribution is -0.127. The van der Waals surface area contributed by atoms with E-state index in [1.807, 2.05) is 6.92 Å². The molecule has 2 atom stereocenters. The molecule has 0 spiro atoms. The van der Waals surface area contributed by atoms with Gasteiger partial charge in [0.15, 0.2) is 5.11 Å². The zero-order valence-electron chi connectivity index (χ0n) is 7.30. The van der Waals surface area contributed by atoms with Gasteiger partial charge in [-0.1, -0.05) is 0 Å². The Kier molecular flexibility index (Phi) is 2.34. The van der Waals surface area contributed by atoms with E-state index in [0.717, 1.165) is 0 Å². The average molecular weight is 188 g/mol. The van der Waals surface area contributed by atoms with E-state index >= 15 is 0 Å². The second-order valence-corrected chi connectivity index (χ2v) is 3.40. The van der Waals surface area contributed by atoms with E-state index < -0.39 is 5.54 Å². The molecule has 1 amide bonds. The molecule has 1 aliphatic rings. The molecule has 0 aromatic rings. The van der Waals surface area contributed by atoms with Gasteiger partial charge in [-0.3, -0.25) is 4.79 Å². The standard InChI is InChI=1S/C7H12N2O2S/c1-4(11-3)7(2)5(10)8-6(12)9-7/h4H,1-3H3,(H2,8,9,10,12). The van der Waals surface area contributed by atoms with Crippen molar-refractivity contribution in [3.63, 3.8) is 0 Å². The van der Waals surface area contributed by atoms with Crippen LogP contribution in [0.1, 0.15) is 13.8 Å². The Balaban J connectivity index is 2.84. The second-order valence-electron chi connectivity index (χ2n) is 2.99. The lowest BCUT2D eigenvalue weighted by Gasteiger charge is -2.27. The van der Waals surface area contributed by atoms with E-state index in [2.05, 4.69) is 10.6 Å². The van der Waals surface area contributed by atoms with Crippen molar-refractivity contribution < 1.29 is 9.53 Å². The summed E-state index contributed by atoms with van der Waals surface area (Å²) >= 11 is 4.81. The molecule has 0 bridgehead atoms. The number of methoxy groups -OCH3 is 1. The van der Waals surface area contributed by atoms with Crippen LogP contribution in [-0.2, 0) is 9.53 Å². The van der Waals surface area contributed by atoms with Crippen LogP contribution >= 0.6 is 12.2 Å². The average Bonchev–Trinajstić information content (AvgIpc) is 2.26. The highest BCUT2D eigenvalue weighted by Crippen LogP contribution is 2.16. The van der Waals surface area contributed by atoms with Crippen LogP contribution in [-0.4, -0.2) is 29.8 Å². The Morgan fingerprint density at radius 3 is 2.58 bits per heavy atom. The third-order valence-electron chi connectivity index (χ3n) is 2.24. The largest absolute Gasteiger partial charge is 0.379 e. The van der Waals surface area contributed by atoms with Crippen LogP contribution in [0.25, 0.3) is 0 Å². The fourth-order valence-corrected chi connectivity index (χ4v) is 1.38. The van der Waals surface area contributed by atoms with E-state index in [1.165, 1.54) is 0 Å². The number of hydrogen-bond acceptors (Lipinski definition) is 3. The summed E-state index contributed by atoms with van der Waals surface area (Å²) < 4.78 is 5.07. The lowest BCUT2D eigenvalue weighted by atomic mass is 9.96. The lowest BCUT2D eigenvalue weighted by Crippen LogP contribution is -2.53. The van der Waals surface area contributed by atoms with Crippen LogP contribution in [0.3, 0.4) is 0 Å². The first-order chi connectivity index (χ1) is 5.50. The van der Waals surface area contributed by atoms with Gasteiger partial charge in [0.25, 0.3) is 5.91 Å². The highest BCUT2D eigenvalue weighted by molar-refractivity contribution is 7.80. The maximum absolute atomic E-state index is 11.4. The third-order valence-corrected chi connectivity index (χ3v) is 2.44. The van der Waals surface area contributed by atoms with Gasteiger partial charge in [0.2, 0.25) is 0 Å². The van der Waals surface area contributed by atoms with Crippen molar-refractivity contribution in [2.45, 2.75) is 25.5 Å². The van der Waals surface area contributed by atoms with Crippen molar-refractivity contribution in [1.29, 1.82) is 0 Å². The summed E-state index contributed by atoms with van der Waals surface area (Å²) in [5.41, 5.74) is -0.730. The molecule has 0 aliphatic carbocycles. The molecule has 12 heavy (non-hydrogen) atoms. The molecular formula is C7H12N2O2S. The fraction of sp³-hybridized carbons (Fsp3) is 0.714. The summed E-state index contributed by atoms with van der Waals surface area (Å²) in [5, 5.41) is 5.77. The molecule has 1 rings (SSSR count). The zero-order chi connectivity index (χ0) is 9.35.